The van der Waals surface area contributed by atoms with Gasteiger partial charge in [0.15, 0.2) is 0 Å². The standard InChI is InChI=1S/C14H10BrF3N2O/c15-8-4-5-12(11(18)6-8)20-13(21)7-19-14-9(16)2-1-3-10(14)17/h1-6,19H,7H2,(H,20,21). The second kappa shape index (κ2) is 6.62. The van der Waals surface area contributed by atoms with E-state index in [1.807, 2.05) is 0 Å². The Morgan fingerprint density at radius 1 is 1.05 bits per heavy atom. The first-order valence-electron chi connectivity index (χ1n) is 5.90. The van der Waals surface area contributed by atoms with Gasteiger partial charge in [-0.1, -0.05) is 22.0 Å². The summed E-state index contributed by atoms with van der Waals surface area (Å²) in [6.45, 7) is -0.395. The summed E-state index contributed by atoms with van der Waals surface area (Å²) in [5.41, 5.74) is -0.414. The first-order valence-corrected chi connectivity index (χ1v) is 6.69. The highest BCUT2D eigenvalue weighted by atomic mass is 79.9. The van der Waals surface area contributed by atoms with Gasteiger partial charge < -0.3 is 10.6 Å². The minimum absolute atomic E-state index is 0.0148. The number of carbonyl (C=O) groups is 1. The second-order valence-electron chi connectivity index (χ2n) is 4.12. The van der Waals surface area contributed by atoms with Gasteiger partial charge in [0.25, 0.3) is 0 Å². The van der Waals surface area contributed by atoms with Gasteiger partial charge in [0.05, 0.1) is 12.2 Å². The Hall–Kier alpha value is -2.02. The molecule has 0 radical (unpaired) electrons. The summed E-state index contributed by atoms with van der Waals surface area (Å²) in [4.78, 5) is 11.6. The van der Waals surface area contributed by atoms with Gasteiger partial charge in [-0.25, -0.2) is 13.2 Å². The molecule has 0 saturated heterocycles. The molecule has 7 heteroatoms. The van der Waals surface area contributed by atoms with E-state index in [0.29, 0.717) is 4.47 Å². The molecule has 0 aliphatic heterocycles. The van der Waals surface area contributed by atoms with Crippen LogP contribution in [0, 0.1) is 17.5 Å². The van der Waals surface area contributed by atoms with Crippen molar-refractivity contribution in [3.05, 3.63) is 58.3 Å². The predicted octanol–water partition coefficient (Wildman–Crippen LogP) is 3.92. The summed E-state index contributed by atoms with van der Waals surface area (Å²) in [5.74, 6) is -2.86. The van der Waals surface area contributed by atoms with E-state index in [1.54, 1.807) is 6.07 Å². The van der Waals surface area contributed by atoms with Crippen LogP contribution in [0.4, 0.5) is 24.5 Å². The van der Waals surface area contributed by atoms with Gasteiger partial charge >= 0.3 is 0 Å². The van der Waals surface area contributed by atoms with Crippen molar-refractivity contribution in [1.29, 1.82) is 0 Å². The number of benzene rings is 2. The molecule has 2 aromatic rings. The van der Waals surface area contributed by atoms with Gasteiger partial charge in [0, 0.05) is 4.47 Å². The van der Waals surface area contributed by atoms with E-state index in [-0.39, 0.29) is 5.69 Å². The summed E-state index contributed by atoms with van der Waals surface area (Å²) >= 11 is 3.09. The normalized spacial score (nSPS) is 10.3. The van der Waals surface area contributed by atoms with Gasteiger partial charge in [0.1, 0.15) is 23.1 Å². The molecule has 21 heavy (non-hydrogen) atoms. The van der Waals surface area contributed by atoms with Crippen molar-refractivity contribution in [2.24, 2.45) is 0 Å². The van der Waals surface area contributed by atoms with E-state index in [4.69, 9.17) is 0 Å². The number of para-hydroxylation sites is 1. The molecule has 0 atom stereocenters. The topological polar surface area (TPSA) is 41.1 Å². The van der Waals surface area contributed by atoms with E-state index in [0.717, 1.165) is 12.1 Å². The van der Waals surface area contributed by atoms with Crippen LogP contribution in [-0.2, 0) is 4.79 Å². The molecular formula is C14H10BrF3N2O. The lowest BCUT2D eigenvalue weighted by Gasteiger charge is -2.10. The fourth-order valence-corrected chi connectivity index (χ4v) is 1.95. The van der Waals surface area contributed by atoms with Crippen molar-refractivity contribution in [1.82, 2.24) is 0 Å². The molecule has 2 N–H and O–H groups in total. The van der Waals surface area contributed by atoms with E-state index in [1.165, 1.54) is 18.2 Å². The fourth-order valence-electron chi connectivity index (χ4n) is 1.62. The zero-order valence-electron chi connectivity index (χ0n) is 10.6. The average molecular weight is 359 g/mol. The summed E-state index contributed by atoms with van der Waals surface area (Å²) in [6, 6.07) is 7.48. The first-order chi connectivity index (χ1) is 9.97. The predicted molar refractivity (Wildman–Crippen MR) is 77.6 cm³/mol. The van der Waals surface area contributed by atoms with Crippen LogP contribution >= 0.6 is 15.9 Å². The highest BCUT2D eigenvalue weighted by molar-refractivity contribution is 9.10. The monoisotopic (exact) mass is 358 g/mol. The van der Waals surface area contributed by atoms with Gasteiger partial charge in [-0.15, -0.1) is 0 Å². The van der Waals surface area contributed by atoms with Crippen LogP contribution in [-0.4, -0.2) is 12.5 Å². The van der Waals surface area contributed by atoms with Crippen LogP contribution in [0.3, 0.4) is 0 Å². The summed E-state index contributed by atoms with van der Waals surface area (Å²) in [6.07, 6.45) is 0. The molecular weight excluding hydrogens is 349 g/mol. The van der Waals surface area contributed by atoms with Crippen molar-refractivity contribution < 1.29 is 18.0 Å². The van der Waals surface area contributed by atoms with Crippen LogP contribution < -0.4 is 10.6 Å². The van der Waals surface area contributed by atoms with Gasteiger partial charge in [-0.3, -0.25) is 4.79 Å². The molecule has 2 aromatic carbocycles. The van der Waals surface area contributed by atoms with Crippen LogP contribution in [0.1, 0.15) is 0 Å². The lowest BCUT2D eigenvalue weighted by molar-refractivity contribution is -0.114. The van der Waals surface area contributed by atoms with Gasteiger partial charge in [-0.05, 0) is 30.3 Å². The van der Waals surface area contributed by atoms with Crippen molar-refractivity contribution in [3.8, 4) is 0 Å². The zero-order chi connectivity index (χ0) is 15.4. The lowest BCUT2D eigenvalue weighted by atomic mass is 10.3. The van der Waals surface area contributed by atoms with Crippen LogP contribution in [0.2, 0.25) is 0 Å². The SMILES string of the molecule is O=C(CNc1c(F)cccc1F)Nc1ccc(Br)cc1F. The van der Waals surface area contributed by atoms with E-state index in [2.05, 4.69) is 26.6 Å². The molecule has 0 aliphatic carbocycles. The van der Waals surface area contributed by atoms with Crippen molar-refractivity contribution in [2.45, 2.75) is 0 Å². The third kappa shape index (κ3) is 3.98. The number of hydrogen-bond donors (Lipinski definition) is 2. The number of carbonyl (C=O) groups excluding carboxylic acids is 1. The maximum Gasteiger partial charge on any atom is 0.243 e. The number of rotatable bonds is 4. The largest absolute Gasteiger partial charge is 0.371 e. The second-order valence-corrected chi connectivity index (χ2v) is 5.04. The Labute approximate surface area is 127 Å². The average Bonchev–Trinajstić information content (AvgIpc) is 2.41. The Morgan fingerprint density at radius 2 is 1.71 bits per heavy atom. The molecule has 0 saturated carbocycles. The smallest absolute Gasteiger partial charge is 0.243 e. The Bertz CT molecular complexity index is 659. The Balaban J connectivity index is 1.99. The molecule has 1 amide bonds. The Morgan fingerprint density at radius 3 is 2.33 bits per heavy atom. The highest BCUT2D eigenvalue weighted by Gasteiger charge is 2.11. The zero-order valence-corrected chi connectivity index (χ0v) is 12.2. The van der Waals surface area contributed by atoms with Crippen LogP contribution in [0.25, 0.3) is 0 Å². The molecule has 0 fully saturated rings. The molecule has 0 aromatic heterocycles. The summed E-state index contributed by atoms with van der Waals surface area (Å²) in [7, 11) is 0. The maximum atomic E-state index is 13.5. The van der Waals surface area contributed by atoms with E-state index < -0.39 is 35.6 Å². The molecule has 0 spiro atoms. The molecule has 0 unspecified atom stereocenters. The number of nitrogens with one attached hydrogen (secondary N) is 2. The number of halogens is 4. The molecule has 0 heterocycles. The van der Waals surface area contributed by atoms with Crippen LogP contribution in [0.15, 0.2) is 40.9 Å². The molecule has 3 nitrogen and oxygen atoms in total. The van der Waals surface area contributed by atoms with Crippen LogP contribution in [0.5, 0.6) is 0 Å². The summed E-state index contributed by atoms with van der Waals surface area (Å²) < 4.78 is 40.7. The maximum absolute atomic E-state index is 13.5. The highest BCUT2D eigenvalue weighted by Crippen LogP contribution is 2.20. The molecule has 2 rings (SSSR count). The third-order valence-electron chi connectivity index (χ3n) is 2.59. The van der Waals surface area contributed by atoms with E-state index >= 15 is 0 Å². The number of anilines is 2. The molecule has 0 aliphatic rings. The number of hydrogen-bond acceptors (Lipinski definition) is 2. The number of amides is 1. The molecule has 0 bridgehead atoms. The fraction of sp³-hybridized carbons (Fsp3) is 0.0714. The third-order valence-corrected chi connectivity index (χ3v) is 3.09. The van der Waals surface area contributed by atoms with Crippen molar-refractivity contribution >= 4 is 33.2 Å². The lowest BCUT2D eigenvalue weighted by Crippen LogP contribution is -2.23. The molecule has 110 valence electrons. The van der Waals surface area contributed by atoms with Gasteiger partial charge in [-0.2, -0.15) is 0 Å². The quantitative estimate of drug-likeness (QED) is 0.869. The van der Waals surface area contributed by atoms with E-state index in [9.17, 15) is 18.0 Å². The first kappa shape index (κ1) is 15.4. The van der Waals surface area contributed by atoms with Crippen molar-refractivity contribution in [3.63, 3.8) is 0 Å². The summed E-state index contributed by atoms with van der Waals surface area (Å²) in [5, 5.41) is 4.64. The minimum Gasteiger partial charge on any atom is -0.371 e. The van der Waals surface area contributed by atoms with Gasteiger partial charge in [0.2, 0.25) is 5.91 Å². The Kier molecular flexibility index (Phi) is 4.85. The minimum atomic E-state index is -0.808. The van der Waals surface area contributed by atoms with Crippen molar-refractivity contribution in [2.75, 3.05) is 17.2 Å².